The molecular formula is C16H12N4O6. The predicted octanol–water partition coefficient (Wildman–Crippen LogP) is 2.63. The Hall–Kier alpha value is -4.00. The first-order valence-corrected chi connectivity index (χ1v) is 7.20. The van der Waals surface area contributed by atoms with Crippen molar-refractivity contribution in [3.8, 4) is 6.07 Å². The van der Waals surface area contributed by atoms with Crippen LogP contribution < -0.4 is 5.32 Å². The second kappa shape index (κ2) is 7.71. The van der Waals surface area contributed by atoms with E-state index in [2.05, 4.69) is 5.32 Å². The zero-order valence-corrected chi connectivity index (χ0v) is 13.5. The van der Waals surface area contributed by atoms with Crippen LogP contribution in [0.25, 0.3) is 6.08 Å². The molecule has 1 N–H and O–H groups in total. The van der Waals surface area contributed by atoms with Crippen molar-refractivity contribution < 1.29 is 19.1 Å². The predicted molar refractivity (Wildman–Crippen MR) is 88.6 cm³/mol. The van der Waals surface area contributed by atoms with E-state index in [0.29, 0.717) is 11.5 Å². The molecule has 2 rings (SSSR count). The average Bonchev–Trinajstić information content (AvgIpc) is 3.02. The highest BCUT2D eigenvalue weighted by atomic mass is 16.6. The topological polar surface area (TPSA) is 152 Å². The number of nitro benzene ring substituents is 2. The van der Waals surface area contributed by atoms with Crippen molar-refractivity contribution in [2.75, 3.05) is 0 Å². The molecule has 0 bridgehead atoms. The van der Waals surface area contributed by atoms with Gasteiger partial charge >= 0.3 is 0 Å². The van der Waals surface area contributed by atoms with E-state index < -0.39 is 27.1 Å². The second-order valence-electron chi connectivity index (χ2n) is 5.12. The molecule has 1 heterocycles. The van der Waals surface area contributed by atoms with Crippen LogP contribution in [0.2, 0.25) is 0 Å². The second-order valence-corrected chi connectivity index (χ2v) is 5.12. The van der Waals surface area contributed by atoms with E-state index in [-0.39, 0.29) is 17.7 Å². The van der Waals surface area contributed by atoms with Crippen LogP contribution in [-0.4, -0.2) is 15.8 Å². The molecule has 0 unspecified atom stereocenters. The number of carbonyl (C=O) groups excluding carboxylic acids is 1. The van der Waals surface area contributed by atoms with Crippen LogP contribution in [-0.2, 0) is 11.3 Å². The smallest absolute Gasteiger partial charge is 0.283 e. The first-order valence-electron chi connectivity index (χ1n) is 7.20. The number of nitro groups is 2. The molecule has 0 aliphatic rings. The number of nitrogens with one attached hydrogen (secondary N) is 1. The summed E-state index contributed by atoms with van der Waals surface area (Å²) in [6.07, 6.45) is 1.00. The number of benzene rings is 1. The maximum Gasteiger partial charge on any atom is 0.283 e. The third kappa shape index (κ3) is 4.30. The number of furan rings is 1. The van der Waals surface area contributed by atoms with Crippen LogP contribution in [0.3, 0.4) is 0 Å². The molecule has 10 nitrogen and oxygen atoms in total. The first kappa shape index (κ1) is 18.3. The van der Waals surface area contributed by atoms with Gasteiger partial charge in [0, 0.05) is 6.07 Å². The molecule has 0 aliphatic heterocycles. The number of aryl methyl sites for hydroxylation is 1. The largest absolute Gasteiger partial charge is 0.465 e. The van der Waals surface area contributed by atoms with Gasteiger partial charge in [0.05, 0.1) is 28.0 Å². The summed E-state index contributed by atoms with van der Waals surface area (Å²) in [7, 11) is 0. The minimum atomic E-state index is -0.822. The molecule has 10 heteroatoms. The number of nitriles is 1. The molecule has 0 fully saturated rings. The Balaban J connectivity index is 2.27. The summed E-state index contributed by atoms with van der Waals surface area (Å²) in [6.45, 7) is 1.77. The van der Waals surface area contributed by atoms with Crippen LogP contribution in [0.15, 0.2) is 40.3 Å². The maximum absolute atomic E-state index is 12.1. The lowest BCUT2D eigenvalue weighted by Gasteiger charge is -2.03. The van der Waals surface area contributed by atoms with Gasteiger partial charge in [0.15, 0.2) is 0 Å². The van der Waals surface area contributed by atoms with Crippen LogP contribution in [0.4, 0.5) is 11.4 Å². The SMILES string of the molecule is Cc1ccc(CNC(=O)C(C#N)=Cc2ccc([N+](=O)[O-])cc2[N+](=O)[O-])o1. The van der Waals surface area contributed by atoms with Crippen molar-refractivity contribution in [1.82, 2.24) is 5.32 Å². The Kier molecular flexibility index (Phi) is 5.44. The van der Waals surface area contributed by atoms with Crippen molar-refractivity contribution in [2.24, 2.45) is 0 Å². The minimum absolute atomic E-state index is 0.0358. The van der Waals surface area contributed by atoms with E-state index in [4.69, 9.17) is 9.68 Å². The van der Waals surface area contributed by atoms with Gasteiger partial charge in [0.1, 0.15) is 23.2 Å². The fraction of sp³-hybridized carbons (Fsp3) is 0.125. The molecule has 1 amide bonds. The summed E-state index contributed by atoms with van der Waals surface area (Å²) in [5.74, 6) is 0.385. The summed E-state index contributed by atoms with van der Waals surface area (Å²) in [6, 6.07) is 7.96. The number of hydrogen-bond acceptors (Lipinski definition) is 7. The molecule has 0 atom stereocenters. The molecule has 0 saturated carbocycles. The Morgan fingerprint density at radius 3 is 2.54 bits per heavy atom. The molecule has 1 aromatic carbocycles. The van der Waals surface area contributed by atoms with E-state index in [1.54, 1.807) is 25.1 Å². The molecule has 132 valence electrons. The highest BCUT2D eigenvalue weighted by Gasteiger charge is 2.20. The molecule has 0 radical (unpaired) electrons. The van der Waals surface area contributed by atoms with Crippen molar-refractivity contribution in [3.63, 3.8) is 0 Å². The van der Waals surface area contributed by atoms with Gasteiger partial charge in [-0.3, -0.25) is 25.0 Å². The zero-order chi connectivity index (χ0) is 19.3. The van der Waals surface area contributed by atoms with Gasteiger partial charge in [0.2, 0.25) is 0 Å². The fourth-order valence-electron chi connectivity index (χ4n) is 2.07. The normalized spacial score (nSPS) is 10.8. The van der Waals surface area contributed by atoms with Gasteiger partial charge in [0.25, 0.3) is 17.3 Å². The minimum Gasteiger partial charge on any atom is -0.465 e. The fourth-order valence-corrected chi connectivity index (χ4v) is 2.07. The van der Waals surface area contributed by atoms with E-state index in [0.717, 1.165) is 24.3 Å². The number of non-ortho nitro benzene ring substituents is 1. The van der Waals surface area contributed by atoms with Gasteiger partial charge in [-0.1, -0.05) is 0 Å². The highest BCUT2D eigenvalue weighted by molar-refractivity contribution is 6.02. The summed E-state index contributed by atoms with van der Waals surface area (Å²) in [5, 5.41) is 33.5. The monoisotopic (exact) mass is 356 g/mol. The third-order valence-electron chi connectivity index (χ3n) is 3.31. The van der Waals surface area contributed by atoms with Crippen LogP contribution in [0, 0.1) is 38.5 Å². The summed E-state index contributed by atoms with van der Waals surface area (Å²) in [5.41, 5.74) is -1.53. The van der Waals surface area contributed by atoms with E-state index in [1.807, 2.05) is 0 Å². The van der Waals surface area contributed by atoms with Crippen molar-refractivity contribution in [2.45, 2.75) is 13.5 Å². The van der Waals surface area contributed by atoms with Gasteiger partial charge in [-0.25, -0.2) is 0 Å². The average molecular weight is 356 g/mol. The lowest BCUT2D eigenvalue weighted by atomic mass is 10.1. The molecule has 26 heavy (non-hydrogen) atoms. The van der Waals surface area contributed by atoms with Crippen molar-refractivity contribution in [1.29, 1.82) is 5.26 Å². The Bertz CT molecular complexity index is 954. The first-order chi connectivity index (χ1) is 12.3. The number of rotatable bonds is 6. The lowest BCUT2D eigenvalue weighted by Crippen LogP contribution is -2.23. The van der Waals surface area contributed by atoms with E-state index >= 15 is 0 Å². The molecule has 0 saturated heterocycles. The number of carbonyl (C=O) groups is 1. The Labute approximate surface area is 146 Å². The molecular weight excluding hydrogens is 344 g/mol. The highest BCUT2D eigenvalue weighted by Crippen LogP contribution is 2.26. The zero-order valence-electron chi connectivity index (χ0n) is 13.5. The maximum atomic E-state index is 12.1. The summed E-state index contributed by atoms with van der Waals surface area (Å²) < 4.78 is 5.28. The van der Waals surface area contributed by atoms with E-state index in [1.165, 1.54) is 0 Å². The standard InChI is InChI=1S/C16H12N4O6/c1-10-2-5-14(26-10)9-18-16(21)12(8-17)6-11-3-4-13(19(22)23)7-15(11)20(24)25/h2-7H,9H2,1H3,(H,18,21). The van der Waals surface area contributed by atoms with Crippen molar-refractivity contribution in [3.05, 3.63) is 73.2 Å². The van der Waals surface area contributed by atoms with Crippen LogP contribution in [0.5, 0.6) is 0 Å². The molecule has 1 aromatic heterocycles. The van der Waals surface area contributed by atoms with Gasteiger partial charge in [-0.2, -0.15) is 5.26 Å². The van der Waals surface area contributed by atoms with Gasteiger partial charge < -0.3 is 9.73 Å². The number of nitrogens with zero attached hydrogens (tertiary/aromatic N) is 3. The van der Waals surface area contributed by atoms with Gasteiger partial charge in [-0.05, 0) is 31.2 Å². The van der Waals surface area contributed by atoms with Crippen LogP contribution >= 0.6 is 0 Å². The quantitative estimate of drug-likeness (QED) is 0.361. The summed E-state index contributed by atoms with van der Waals surface area (Å²) in [4.78, 5) is 32.3. The van der Waals surface area contributed by atoms with E-state index in [9.17, 15) is 25.0 Å². The van der Waals surface area contributed by atoms with Gasteiger partial charge in [-0.15, -0.1) is 0 Å². The van der Waals surface area contributed by atoms with Crippen molar-refractivity contribution >= 4 is 23.4 Å². The number of amides is 1. The lowest BCUT2D eigenvalue weighted by molar-refractivity contribution is -0.394. The molecule has 0 aliphatic carbocycles. The Morgan fingerprint density at radius 1 is 1.27 bits per heavy atom. The number of hydrogen-bond donors (Lipinski definition) is 1. The molecule has 2 aromatic rings. The third-order valence-corrected chi connectivity index (χ3v) is 3.31. The molecule has 0 spiro atoms. The van der Waals surface area contributed by atoms with Crippen LogP contribution in [0.1, 0.15) is 17.1 Å². The summed E-state index contributed by atoms with van der Waals surface area (Å²) >= 11 is 0. The Morgan fingerprint density at radius 2 is 2.00 bits per heavy atom.